The van der Waals surface area contributed by atoms with Gasteiger partial charge in [0.1, 0.15) is 12.2 Å². The first kappa shape index (κ1) is 48.5. The van der Waals surface area contributed by atoms with Gasteiger partial charge in [0.25, 0.3) is 0 Å². The third kappa shape index (κ3) is 32.4. The summed E-state index contributed by atoms with van der Waals surface area (Å²) in [4.78, 5) is 12.5. The van der Waals surface area contributed by atoms with Crippen LogP contribution in [-0.2, 0) is 4.79 Å². The zero-order valence-corrected chi connectivity index (χ0v) is 32.9. The number of hydrogen-bond acceptors (Lipinski definition) is 5. The van der Waals surface area contributed by atoms with Gasteiger partial charge in [-0.15, -0.1) is 0 Å². The molecule has 0 aliphatic carbocycles. The maximum atomic E-state index is 12.5. The third-order valence-electron chi connectivity index (χ3n) is 9.81. The van der Waals surface area contributed by atoms with Gasteiger partial charge in [-0.1, -0.05) is 179 Å². The Bertz CT molecular complexity index is 797. The minimum Gasteiger partial charge on any atom is -0.394 e. The lowest BCUT2D eigenvalue weighted by atomic mass is 10.00. The van der Waals surface area contributed by atoms with Crippen molar-refractivity contribution in [2.75, 3.05) is 6.61 Å². The van der Waals surface area contributed by atoms with E-state index in [0.717, 1.165) is 51.4 Å². The summed E-state index contributed by atoms with van der Waals surface area (Å²) in [5.41, 5.74) is 0. The summed E-state index contributed by atoms with van der Waals surface area (Å²) in [6, 6.07) is -1.01. The maximum Gasteiger partial charge on any atom is 0.249 e. The highest BCUT2D eigenvalue weighted by Gasteiger charge is 2.28. The number of unbranched alkanes of at least 4 members (excludes halogenated alkanes) is 23. The number of allylic oxidation sites excluding steroid dienone is 6. The fourth-order valence-electron chi connectivity index (χ4n) is 6.38. The maximum absolute atomic E-state index is 12.5. The molecule has 5 N–H and O–H groups in total. The van der Waals surface area contributed by atoms with Crippen LogP contribution in [0.15, 0.2) is 36.5 Å². The Hall–Kier alpha value is -1.47. The molecule has 0 spiro atoms. The van der Waals surface area contributed by atoms with Crippen LogP contribution in [0.2, 0.25) is 0 Å². The van der Waals surface area contributed by atoms with Gasteiger partial charge in [0, 0.05) is 0 Å². The Morgan fingerprint density at radius 2 is 0.840 bits per heavy atom. The predicted octanol–water partition coefficient (Wildman–Crippen LogP) is 11.0. The zero-order chi connectivity index (χ0) is 36.8. The molecule has 0 aromatic rings. The van der Waals surface area contributed by atoms with Gasteiger partial charge >= 0.3 is 0 Å². The van der Waals surface area contributed by atoms with Crippen molar-refractivity contribution < 1.29 is 25.2 Å². The Kier molecular flexibility index (Phi) is 37.6. The van der Waals surface area contributed by atoms with Crippen LogP contribution in [0.25, 0.3) is 0 Å². The highest BCUT2D eigenvalue weighted by molar-refractivity contribution is 5.80. The van der Waals surface area contributed by atoms with E-state index in [1.807, 2.05) is 0 Å². The average molecular weight is 706 g/mol. The first-order chi connectivity index (χ1) is 24.5. The van der Waals surface area contributed by atoms with E-state index < -0.39 is 36.9 Å². The van der Waals surface area contributed by atoms with E-state index >= 15 is 0 Å². The van der Waals surface area contributed by atoms with Crippen molar-refractivity contribution in [3.8, 4) is 0 Å². The minimum atomic E-state index is -1.29. The normalized spacial score (nSPS) is 14.6. The first-order valence-electron chi connectivity index (χ1n) is 21.4. The van der Waals surface area contributed by atoms with Gasteiger partial charge in [0.15, 0.2) is 0 Å². The van der Waals surface area contributed by atoms with Gasteiger partial charge < -0.3 is 25.7 Å². The van der Waals surface area contributed by atoms with Crippen LogP contribution in [0.4, 0.5) is 0 Å². The van der Waals surface area contributed by atoms with Crippen LogP contribution < -0.4 is 5.32 Å². The quantitative estimate of drug-likeness (QED) is 0.0324. The van der Waals surface area contributed by atoms with Gasteiger partial charge in [0.2, 0.25) is 5.91 Å². The van der Waals surface area contributed by atoms with E-state index in [1.165, 1.54) is 122 Å². The SMILES string of the molecule is CCCCCCCC/C=C/CC/C=C/CC/C=C/CCCC(O)C(O)C(CO)NC(=O)C(O)CCCCCCCCCCCCCCCCC. The van der Waals surface area contributed by atoms with Gasteiger partial charge in [-0.3, -0.25) is 4.79 Å². The predicted molar refractivity (Wildman–Crippen MR) is 214 cm³/mol. The molecule has 0 saturated carbocycles. The molecule has 0 aliphatic rings. The number of aliphatic hydroxyl groups is 4. The number of carbonyl (C=O) groups excluding carboxylic acids is 1. The summed E-state index contributed by atoms with van der Waals surface area (Å²) in [5.74, 6) is -0.599. The molecule has 294 valence electrons. The highest BCUT2D eigenvalue weighted by Crippen LogP contribution is 2.15. The number of aliphatic hydroxyl groups excluding tert-OH is 4. The molecule has 4 unspecified atom stereocenters. The molecule has 0 heterocycles. The molecule has 0 rings (SSSR count). The van der Waals surface area contributed by atoms with Crippen LogP contribution in [0.5, 0.6) is 0 Å². The average Bonchev–Trinajstić information content (AvgIpc) is 3.12. The number of nitrogens with one attached hydrogen (secondary N) is 1. The van der Waals surface area contributed by atoms with Crippen LogP contribution in [0.1, 0.15) is 206 Å². The summed E-state index contributed by atoms with van der Waals surface area (Å²) in [6.07, 6.45) is 44.5. The molecule has 4 atom stereocenters. The van der Waals surface area contributed by atoms with Gasteiger partial charge in [-0.2, -0.15) is 0 Å². The van der Waals surface area contributed by atoms with Crippen molar-refractivity contribution in [1.29, 1.82) is 0 Å². The van der Waals surface area contributed by atoms with Crippen molar-refractivity contribution >= 4 is 5.91 Å². The third-order valence-corrected chi connectivity index (χ3v) is 9.81. The second-order valence-corrected chi connectivity index (χ2v) is 14.7. The van der Waals surface area contributed by atoms with Crippen molar-refractivity contribution in [1.82, 2.24) is 5.32 Å². The summed E-state index contributed by atoms with van der Waals surface area (Å²) in [7, 11) is 0. The Morgan fingerprint density at radius 3 is 1.26 bits per heavy atom. The first-order valence-corrected chi connectivity index (χ1v) is 21.4. The Morgan fingerprint density at radius 1 is 0.480 bits per heavy atom. The monoisotopic (exact) mass is 706 g/mol. The standard InChI is InChI=1S/C44H83NO5/c1-3-5-7-9-11-13-15-17-19-20-21-22-24-25-27-29-31-33-35-37-41(47)43(49)40(39-46)45-44(50)42(48)38-36-34-32-30-28-26-23-18-16-14-12-10-8-6-4-2/h17,19,22,24,29,31,40-43,46-49H,3-16,18,20-21,23,25-28,30,32-39H2,1-2H3,(H,45,50)/b19-17+,24-22+,31-29+. The zero-order valence-electron chi connectivity index (χ0n) is 32.9. The second kappa shape index (κ2) is 38.8. The summed E-state index contributed by atoms with van der Waals surface area (Å²) in [6.45, 7) is 4.02. The van der Waals surface area contributed by atoms with Gasteiger partial charge in [-0.25, -0.2) is 0 Å². The van der Waals surface area contributed by atoms with Crippen LogP contribution in [-0.4, -0.2) is 57.3 Å². The largest absolute Gasteiger partial charge is 0.394 e. The van der Waals surface area contributed by atoms with Gasteiger partial charge in [-0.05, 0) is 64.2 Å². The van der Waals surface area contributed by atoms with Crippen molar-refractivity contribution in [3.63, 3.8) is 0 Å². The molecule has 6 nitrogen and oxygen atoms in total. The van der Waals surface area contributed by atoms with Crippen molar-refractivity contribution in [2.45, 2.75) is 231 Å². The number of hydrogen-bond donors (Lipinski definition) is 5. The fourth-order valence-corrected chi connectivity index (χ4v) is 6.38. The molecule has 0 radical (unpaired) electrons. The number of carbonyl (C=O) groups is 1. The number of amides is 1. The van der Waals surface area contributed by atoms with Crippen LogP contribution in [0.3, 0.4) is 0 Å². The van der Waals surface area contributed by atoms with E-state index in [4.69, 9.17) is 0 Å². The molecule has 0 aromatic heterocycles. The number of rotatable bonds is 38. The molecule has 0 fully saturated rings. The topological polar surface area (TPSA) is 110 Å². The minimum absolute atomic E-state index is 0.361. The van der Waals surface area contributed by atoms with E-state index in [1.54, 1.807) is 0 Å². The van der Waals surface area contributed by atoms with Crippen molar-refractivity contribution in [2.24, 2.45) is 0 Å². The summed E-state index contributed by atoms with van der Waals surface area (Å²) < 4.78 is 0. The van der Waals surface area contributed by atoms with Crippen molar-refractivity contribution in [3.05, 3.63) is 36.5 Å². The fraction of sp³-hybridized carbons (Fsp3) is 0.841. The molecular formula is C44H83NO5. The molecule has 0 saturated heterocycles. The lowest BCUT2D eigenvalue weighted by molar-refractivity contribution is -0.132. The summed E-state index contributed by atoms with van der Waals surface area (Å²) in [5, 5.41) is 43.6. The highest BCUT2D eigenvalue weighted by atomic mass is 16.3. The van der Waals surface area contributed by atoms with E-state index in [9.17, 15) is 25.2 Å². The van der Waals surface area contributed by atoms with E-state index in [0.29, 0.717) is 19.3 Å². The molecule has 6 heteroatoms. The molecule has 0 aromatic carbocycles. The Labute approximate surface area is 309 Å². The molecule has 50 heavy (non-hydrogen) atoms. The van der Waals surface area contributed by atoms with Crippen LogP contribution in [0, 0.1) is 0 Å². The summed E-state index contributed by atoms with van der Waals surface area (Å²) >= 11 is 0. The molecular weight excluding hydrogens is 622 g/mol. The molecule has 0 aliphatic heterocycles. The van der Waals surface area contributed by atoms with Crippen LogP contribution >= 0.6 is 0 Å². The lowest BCUT2D eigenvalue weighted by Crippen LogP contribution is -2.53. The smallest absolute Gasteiger partial charge is 0.249 e. The van der Waals surface area contributed by atoms with Gasteiger partial charge in [0.05, 0.1) is 18.8 Å². The second-order valence-electron chi connectivity index (χ2n) is 14.7. The van der Waals surface area contributed by atoms with E-state index in [2.05, 4.69) is 55.6 Å². The Balaban J connectivity index is 3.84. The lowest BCUT2D eigenvalue weighted by Gasteiger charge is -2.27. The van der Waals surface area contributed by atoms with E-state index in [-0.39, 0.29) is 0 Å². The molecule has 0 bridgehead atoms. The molecule has 1 amide bonds.